The molecule has 0 radical (unpaired) electrons. The lowest BCUT2D eigenvalue weighted by molar-refractivity contribution is -0.143. The van der Waals surface area contributed by atoms with Gasteiger partial charge in [0.25, 0.3) is 0 Å². The molecule has 0 aliphatic carbocycles. The van der Waals surface area contributed by atoms with Crippen molar-refractivity contribution in [2.45, 2.75) is 13.0 Å². The molecule has 0 aliphatic heterocycles. The smallest absolute Gasteiger partial charge is 0.362 e. The average Bonchev–Trinajstić information content (AvgIpc) is 1.80. The molecule has 0 spiro atoms. The Balaban J connectivity index is 3.73. The number of carbonyl (C=O) groups excluding carboxylic acids is 1. The van der Waals surface area contributed by atoms with Crippen molar-refractivity contribution < 1.29 is 23.9 Å². The predicted octanol–water partition coefficient (Wildman–Crippen LogP) is -0.988. The fraction of sp³-hybridized carbons (Fsp3) is 0.750. The Labute approximate surface area is 63.5 Å². The van der Waals surface area contributed by atoms with Gasteiger partial charge in [-0.2, -0.15) is 0 Å². The lowest BCUT2D eigenvalue weighted by Crippen LogP contribution is -2.28. The topological polar surface area (TPSA) is 110 Å². The number of rotatable bonds is 3. The van der Waals surface area contributed by atoms with E-state index in [0.717, 1.165) is 0 Å². The van der Waals surface area contributed by atoms with Crippen molar-refractivity contribution in [1.29, 1.82) is 0 Å². The summed E-state index contributed by atoms with van der Waals surface area (Å²) in [5.41, 5.74) is 5.04. The molecular formula is C4H10NO5P. The molecule has 0 amide bonds. The second kappa shape index (κ2) is 3.82. The van der Waals surface area contributed by atoms with E-state index in [0.29, 0.717) is 0 Å². The number of carbonyl (C=O) groups is 1. The minimum absolute atomic E-state index is 0.826. The quantitative estimate of drug-likeness (QED) is 0.383. The number of hydrogen-bond acceptors (Lipinski definition) is 4. The second-order valence-corrected chi connectivity index (χ2v) is 3.63. The standard InChI is InChI=1S/C4H10NO5P/c1-3(5)4(6)10-2-11(7,8)9/h3H,2,5H2,1H3,(H2,7,8,9)/t3-/m0/s1. The molecule has 0 unspecified atom stereocenters. The van der Waals surface area contributed by atoms with Crippen LogP contribution in [0.25, 0.3) is 0 Å². The summed E-state index contributed by atoms with van der Waals surface area (Å²) in [5, 5.41) is 0. The lowest BCUT2D eigenvalue weighted by atomic mass is 10.4. The van der Waals surface area contributed by atoms with Crippen LogP contribution >= 0.6 is 7.60 Å². The van der Waals surface area contributed by atoms with Crippen molar-refractivity contribution in [2.75, 3.05) is 6.35 Å². The minimum atomic E-state index is -4.26. The fourth-order valence-electron chi connectivity index (χ4n) is 0.279. The first-order valence-corrected chi connectivity index (χ1v) is 4.59. The summed E-state index contributed by atoms with van der Waals surface area (Å²) in [4.78, 5) is 27.0. The summed E-state index contributed by atoms with van der Waals surface area (Å²) in [6, 6.07) is -0.860. The maximum absolute atomic E-state index is 10.5. The van der Waals surface area contributed by atoms with Crippen LogP contribution in [0.5, 0.6) is 0 Å². The highest BCUT2D eigenvalue weighted by Gasteiger charge is 2.17. The second-order valence-electron chi connectivity index (χ2n) is 2.05. The Morgan fingerprint density at radius 3 is 2.45 bits per heavy atom. The van der Waals surface area contributed by atoms with Crippen LogP contribution in [-0.2, 0) is 14.1 Å². The number of ether oxygens (including phenoxy) is 1. The molecule has 6 nitrogen and oxygen atoms in total. The highest BCUT2D eigenvalue weighted by atomic mass is 31.2. The highest BCUT2D eigenvalue weighted by Crippen LogP contribution is 2.33. The maximum atomic E-state index is 10.5. The van der Waals surface area contributed by atoms with Gasteiger partial charge in [-0.1, -0.05) is 0 Å². The molecule has 66 valence electrons. The van der Waals surface area contributed by atoms with Crippen molar-refractivity contribution in [3.8, 4) is 0 Å². The van der Waals surface area contributed by atoms with Crippen LogP contribution in [0.15, 0.2) is 0 Å². The molecular weight excluding hydrogens is 173 g/mol. The van der Waals surface area contributed by atoms with Crippen LogP contribution in [0.1, 0.15) is 6.92 Å². The van der Waals surface area contributed by atoms with Gasteiger partial charge in [-0.05, 0) is 6.92 Å². The van der Waals surface area contributed by atoms with E-state index in [-0.39, 0.29) is 0 Å². The average molecular weight is 183 g/mol. The van der Waals surface area contributed by atoms with E-state index in [2.05, 4.69) is 4.74 Å². The molecule has 4 N–H and O–H groups in total. The summed E-state index contributed by atoms with van der Waals surface area (Å²) in [7, 11) is -4.26. The van der Waals surface area contributed by atoms with E-state index in [1.165, 1.54) is 6.92 Å². The molecule has 0 rings (SSSR count). The molecule has 0 bridgehead atoms. The predicted molar refractivity (Wildman–Crippen MR) is 36.7 cm³/mol. The van der Waals surface area contributed by atoms with Gasteiger partial charge in [0, 0.05) is 0 Å². The van der Waals surface area contributed by atoms with Gasteiger partial charge in [0.2, 0.25) is 0 Å². The summed E-state index contributed by atoms with van der Waals surface area (Å²) >= 11 is 0. The monoisotopic (exact) mass is 183 g/mol. The van der Waals surface area contributed by atoms with Gasteiger partial charge >= 0.3 is 13.6 Å². The third-order valence-corrected chi connectivity index (χ3v) is 1.21. The lowest BCUT2D eigenvalue weighted by Gasteiger charge is -2.07. The van der Waals surface area contributed by atoms with Crippen LogP contribution in [0, 0.1) is 0 Å². The van der Waals surface area contributed by atoms with E-state index >= 15 is 0 Å². The minimum Gasteiger partial charge on any atom is -0.452 e. The third-order valence-electron chi connectivity index (χ3n) is 0.747. The highest BCUT2D eigenvalue weighted by molar-refractivity contribution is 7.51. The molecule has 0 saturated heterocycles. The molecule has 0 aliphatic rings. The third kappa shape index (κ3) is 6.00. The largest absolute Gasteiger partial charge is 0.452 e. The van der Waals surface area contributed by atoms with Crippen LogP contribution < -0.4 is 5.73 Å². The van der Waals surface area contributed by atoms with E-state index < -0.39 is 26.0 Å². The van der Waals surface area contributed by atoms with Crippen molar-refractivity contribution in [3.63, 3.8) is 0 Å². The zero-order chi connectivity index (χ0) is 9.07. The molecule has 0 aromatic heterocycles. The van der Waals surface area contributed by atoms with Crippen molar-refractivity contribution in [3.05, 3.63) is 0 Å². The van der Waals surface area contributed by atoms with E-state index in [1.807, 2.05) is 0 Å². The van der Waals surface area contributed by atoms with Crippen molar-refractivity contribution in [1.82, 2.24) is 0 Å². The molecule has 0 fully saturated rings. The first-order chi connectivity index (χ1) is 4.83. The molecule has 0 aromatic rings. The summed E-state index contributed by atoms with van der Waals surface area (Å²) in [6.07, 6.45) is -0.909. The van der Waals surface area contributed by atoms with Gasteiger partial charge in [-0.15, -0.1) is 0 Å². The van der Waals surface area contributed by atoms with E-state index in [9.17, 15) is 9.36 Å². The first-order valence-electron chi connectivity index (χ1n) is 2.80. The normalized spacial score (nSPS) is 14.2. The zero-order valence-electron chi connectivity index (χ0n) is 5.93. The molecule has 11 heavy (non-hydrogen) atoms. The SMILES string of the molecule is C[C@H](N)C(=O)OCP(=O)(O)O. The van der Waals surface area contributed by atoms with Crippen molar-refractivity contribution in [2.24, 2.45) is 5.73 Å². The van der Waals surface area contributed by atoms with Gasteiger partial charge in [0.15, 0.2) is 6.35 Å². The Bertz CT molecular complexity index is 185. The summed E-state index contributed by atoms with van der Waals surface area (Å²) in [5.74, 6) is -0.826. The molecule has 0 saturated carbocycles. The van der Waals surface area contributed by atoms with Gasteiger partial charge in [0.1, 0.15) is 6.04 Å². The van der Waals surface area contributed by atoms with Gasteiger partial charge in [-0.3, -0.25) is 9.36 Å². The number of hydrogen-bond donors (Lipinski definition) is 3. The van der Waals surface area contributed by atoms with E-state index in [4.69, 9.17) is 15.5 Å². The van der Waals surface area contributed by atoms with Gasteiger partial charge in [0.05, 0.1) is 0 Å². The number of esters is 1. The summed E-state index contributed by atoms with van der Waals surface area (Å²) in [6.45, 7) is 1.36. The zero-order valence-corrected chi connectivity index (χ0v) is 6.82. The van der Waals surface area contributed by atoms with Crippen LogP contribution in [0.3, 0.4) is 0 Å². The Morgan fingerprint density at radius 1 is 1.73 bits per heavy atom. The molecule has 0 aromatic carbocycles. The first kappa shape index (κ1) is 10.6. The summed E-state index contributed by atoms with van der Waals surface area (Å²) < 4.78 is 14.3. The van der Waals surface area contributed by atoms with Gasteiger partial charge < -0.3 is 20.3 Å². The van der Waals surface area contributed by atoms with E-state index in [1.54, 1.807) is 0 Å². The van der Waals surface area contributed by atoms with Crippen molar-refractivity contribution >= 4 is 13.6 Å². The van der Waals surface area contributed by atoms with Gasteiger partial charge in [-0.25, -0.2) is 0 Å². The fourth-order valence-corrected chi connectivity index (χ4v) is 0.575. The Morgan fingerprint density at radius 2 is 2.18 bits per heavy atom. The maximum Gasteiger partial charge on any atom is 0.362 e. The molecule has 1 atom stereocenters. The molecule has 7 heteroatoms. The van der Waals surface area contributed by atoms with Crippen LogP contribution in [0.2, 0.25) is 0 Å². The number of nitrogens with two attached hydrogens (primary N) is 1. The molecule has 0 heterocycles. The van der Waals surface area contributed by atoms with Crippen LogP contribution in [0.4, 0.5) is 0 Å². The Kier molecular flexibility index (Phi) is 3.68. The van der Waals surface area contributed by atoms with Crippen LogP contribution in [-0.4, -0.2) is 28.1 Å². The Hall–Kier alpha value is -0.420.